The van der Waals surface area contributed by atoms with E-state index >= 15 is 0 Å². The number of nitrogens with zero attached hydrogens (tertiary/aromatic N) is 3. The van der Waals surface area contributed by atoms with Crippen LogP contribution in [0.4, 0.5) is 0 Å². The maximum atomic E-state index is 5.74. The molecule has 104 valence electrons. The van der Waals surface area contributed by atoms with Gasteiger partial charge in [-0.1, -0.05) is 6.07 Å². The number of aryl methyl sites for hydroxylation is 2. The van der Waals surface area contributed by atoms with Crippen LogP contribution in [0.3, 0.4) is 0 Å². The Bertz CT molecular complexity index is 764. The number of fused-ring (bicyclic) bond motifs is 1. The molecule has 0 saturated carbocycles. The van der Waals surface area contributed by atoms with Crippen LogP contribution in [0, 0.1) is 13.8 Å². The quantitative estimate of drug-likeness (QED) is 0.793. The average Bonchev–Trinajstić information content (AvgIpc) is 2.96. The van der Waals surface area contributed by atoms with E-state index in [0.717, 1.165) is 12.2 Å². The summed E-state index contributed by atoms with van der Waals surface area (Å²) in [6, 6.07) is 8.54. The zero-order valence-electron chi connectivity index (χ0n) is 12.2. The fourth-order valence-corrected chi connectivity index (χ4v) is 2.74. The molecular weight excluding hydrogens is 248 g/mol. The monoisotopic (exact) mass is 268 g/mol. The Morgan fingerprint density at radius 2 is 2.00 bits per heavy atom. The molecule has 2 N–H and O–H groups in total. The third-order valence-corrected chi connectivity index (χ3v) is 4.03. The van der Waals surface area contributed by atoms with Crippen LogP contribution < -0.4 is 5.73 Å². The molecule has 0 unspecified atom stereocenters. The molecule has 0 spiro atoms. The van der Waals surface area contributed by atoms with Gasteiger partial charge in [-0.15, -0.1) is 0 Å². The number of benzene rings is 1. The lowest BCUT2D eigenvalue weighted by atomic mass is 10.1. The van der Waals surface area contributed by atoms with Crippen molar-refractivity contribution in [2.45, 2.75) is 26.9 Å². The van der Waals surface area contributed by atoms with Crippen molar-refractivity contribution < 1.29 is 0 Å². The molecule has 0 fully saturated rings. The summed E-state index contributed by atoms with van der Waals surface area (Å²) in [7, 11) is 1.95. The van der Waals surface area contributed by atoms with E-state index in [0.29, 0.717) is 6.54 Å². The van der Waals surface area contributed by atoms with E-state index in [1.165, 1.54) is 27.7 Å². The highest BCUT2D eigenvalue weighted by atomic mass is 15.3. The summed E-state index contributed by atoms with van der Waals surface area (Å²) in [5.41, 5.74) is 11.9. The van der Waals surface area contributed by atoms with Crippen LogP contribution in [0.5, 0.6) is 0 Å². The van der Waals surface area contributed by atoms with Crippen LogP contribution in [0.15, 0.2) is 30.5 Å². The summed E-state index contributed by atoms with van der Waals surface area (Å²) in [6.45, 7) is 5.73. The predicted molar refractivity (Wildman–Crippen MR) is 81.6 cm³/mol. The highest BCUT2D eigenvalue weighted by molar-refractivity contribution is 5.86. The molecule has 0 atom stereocenters. The standard InChI is InChI=1S/C16H20N4/c1-11-12(2)20(10-14-6-7-19(3)18-14)16-5-4-13(9-17)8-15(11)16/h4-8H,9-10,17H2,1-3H3. The highest BCUT2D eigenvalue weighted by Gasteiger charge is 2.12. The van der Waals surface area contributed by atoms with E-state index in [1.54, 1.807) is 0 Å². The van der Waals surface area contributed by atoms with Crippen molar-refractivity contribution in [3.05, 3.63) is 53.0 Å². The fourth-order valence-electron chi connectivity index (χ4n) is 2.74. The minimum absolute atomic E-state index is 0.583. The molecule has 0 amide bonds. The van der Waals surface area contributed by atoms with Gasteiger partial charge in [-0.05, 0) is 43.2 Å². The van der Waals surface area contributed by atoms with Crippen molar-refractivity contribution in [3.8, 4) is 0 Å². The van der Waals surface area contributed by atoms with Crippen molar-refractivity contribution in [3.63, 3.8) is 0 Å². The third kappa shape index (κ3) is 2.02. The average molecular weight is 268 g/mol. The molecule has 3 rings (SSSR count). The summed E-state index contributed by atoms with van der Waals surface area (Å²) in [5.74, 6) is 0. The van der Waals surface area contributed by atoms with Crippen molar-refractivity contribution in [2.24, 2.45) is 12.8 Å². The third-order valence-electron chi connectivity index (χ3n) is 4.03. The summed E-state index contributed by atoms with van der Waals surface area (Å²) in [5, 5.41) is 5.77. The first-order valence-corrected chi connectivity index (χ1v) is 6.87. The number of aromatic nitrogens is 3. The van der Waals surface area contributed by atoms with Gasteiger partial charge < -0.3 is 10.3 Å². The minimum atomic E-state index is 0.583. The number of hydrogen-bond donors (Lipinski definition) is 1. The van der Waals surface area contributed by atoms with E-state index in [9.17, 15) is 0 Å². The Morgan fingerprint density at radius 3 is 2.65 bits per heavy atom. The Morgan fingerprint density at radius 1 is 1.20 bits per heavy atom. The lowest BCUT2D eigenvalue weighted by Gasteiger charge is -2.06. The molecule has 0 aliphatic rings. The Kier molecular flexibility index (Phi) is 3.10. The molecule has 0 aliphatic carbocycles. The molecule has 2 aromatic heterocycles. The number of nitrogens with two attached hydrogens (primary N) is 1. The summed E-state index contributed by atoms with van der Waals surface area (Å²) in [4.78, 5) is 0. The normalized spacial score (nSPS) is 11.4. The number of rotatable bonds is 3. The van der Waals surface area contributed by atoms with E-state index in [-0.39, 0.29) is 0 Å². The van der Waals surface area contributed by atoms with Gasteiger partial charge in [0.05, 0.1) is 12.2 Å². The van der Waals surface area contributed by atoms with E-state index in [4.69, 9.17) is 5.73 Å². The van der Waals surface area contributed by atoms with E-state index in [2.05, 4.69) is 47.8 Å². The highest BCUT2D eigenvalue weighted by Crippen LogP contribution is 2.26. The second-order valence-electron chi connectivity index (χ2n) is 5.33. The molecule has 0 bridgehead atoms. The molecule has 0 aliphatic heterocycles. The number of hydrogen-bond acceptors (Lipinski definition) is 2. The van der Waals surface area contributed by atoms with Crippen molar-refractivity contribution in [1.82, 2.24) is 14.3 Å². The van der Waals surface area contributed by atoms with Gasteiger partial charge in [0.2, 0.25) is 0 Å². The Labute approximate surface area is 118 Å². The molecule has 3 aromatic rings. The maximum Gasteiger partial charge on any atom is 0.0821 e. The Balaban J connectivity index is 2.12. The zero-order chi connectivity index (χ0) is 14.3. The molecule has 4 heteroatoms. The molecule has 0 saturated heterocycles. The lowest BCUT2D eigenvalue weighted by molar-refractivity contribution is 0.708. The van der Waals surface area contributed by atoms with E-state index < -0.39 is 0 Å². The van der Waals surface area contributed by atoms with Gasteiger partial charge in [-0.3, -0.25) is 4.68 Å². The second-order valence-corrected chi connectivity index (χ2v) is 5.33. The molecular formula is C16H20N4. The summed E-state index contributed by atoms with van der Waals surface area (Å²) in [6.07, 6.45) is 1.98. The first kappa shape index (κ1) is 12.9. The second kappa shape index (κ2) is 4.80. The topological polar surface area (TPSA) is 48.8 Å². The molecule has 2 heterocycles. The van der Waals surface area contributed by atoms with Crippen LogP contribution in [0.1, 0.15) is 22.5 Å². The van der Waals surface area contributed by atoms with Crippen molar-refractivity contribution in [2.75, 3.05) is 0 Å². The van der Waals surface area contributed by atoms with Crippen LogP contribution in [0.25, 0.3) is 10.9 Å². The first-order valence-electron chi connectivity index (χ1n) is 6.87. The van der Waals surface area contributed by atoms with Gasteiger partial charge in [0.1, 0.15) is 0 Å². The maximum absolute atomic E-state index is 5.74. The van der Waals surface area contributed by atoms with Crippen molar-refractivity contribution >= 4 is 10.9 Å². The van der Waals surface area contributed by atoms with Crippen molar-refractivity contribution in [1.29, 1.82) is 0 Å². The van der Waals surface area contributed by atoms with Crippen LogP contribution >= 0.6 is 0 Å². The molecule has 20 heavy (non-hydrogen) atoms. The summed E-state index contributed by atoms with van der Waals surface area (Å²) >= 11 is 0. The molecule has 4 nitrogen and oxygen atoms in total. The van der Waals surface area contributed by atoms with E-state index in [1.807, 2.05) is 17.9 Å². The van der Waals surface area contributed by atoms with Crippen LogP contribution in [-0.4, -0.2) is 14.3 Å². The van der Waals surface area contributed by atoms with Gasteiger partial charge in [-0.2, -0.15) is 5.10 Å². The Hall–Kier alpha value is -2.07. The van der Waals surface area contributed by atoms with Crippen LogP contribution in [0.2, 0.25) is 0 Å². The van der Waals surface area contributed by atoms with Gasteiger partial charge in [0.15, 0.2) is 0 Å². The van der Waals surface area contributed by atoms with Gasteiger partial charge >= 0.3 is 0 Å². The predicted octanol–water partition coefficient (Wildman–Crippen LogP) is 2.50. The molecule has 0 radical (unpaired) electrons. The fraction of sp³-hybridized carbons (Fsp3) is 0.312. The molecule has 1 aromatic carbocycles. The smallest absolute Gasteiger partial charge is 0.0821 e. The van der Waals surface area contributed by atoms with Gasteiger partial charge in [0.25, 0.3) is 0 Å². The largest absolute Gasteiger partial charge is 0.339 e. The van der Waals surface area contributed by atoms with Crippen LogP contribution in [-0.2, 0) is 20.1 Å². The first-order chi connectivity index (χ1) is 9.60. The van der Waals surface area contributed by atoms with Gasteiger partial charge in [0, 0.05) is 36.4 Å². The SMILES string of the molecule is Cc1c(C)n(Cc2ccn(C)n2)c2ccc(CN)cc12. The van der Waals surface area contributed by atoms with Gasteiger partial charge in [-0.25, -0.2) is 0 Å². The minimum Gasteiger partial charge on any atom is -0.339 e. The zero-order valence-corrected chi connectivity index (χ0v) is 12.2. The lowest BCUT2D eigenvalue weighted by Crippen LogP contribution is -2.03. The summed E-state index contributed by atoms with van der Waals surface area (Å²) < 4.78 is 4.17.